The molecule has 1 atom stereocenters. The number of ketones is 1. The van der Waals surface area contributed by atoms with E-state index in [0.29, 0.717) is 6.42 Å². The third-order valence-corrected chi connectivity index (χ3v) is 3.28. The van der Waals surface area contributed by atoms with Gasteiger partial charge in [-0.15, -0.1) is 0 Å². The van der Waals surface area contributed by atoms with Gasteiger partial charge in [0.2, 0.25) is 0 Å². The number of hydrogen-bond acceptors (Lipinski definition) is 2. The number of benzene rings is 2. The highest BCUT2D eigenvalue weighted by atomic mass is 16.3. The number of rotatable bonds is 7. The van der Waals surface area contributed by atoms with E-state index in [-0.39, 0.29) is 12.2 Å². The van der Waals surface area contributed by atoms with Crippen molar-refractivity contribution in [1.29, 1.82) is 0 Å². The average molecular weight is 280 g/mol. The molecule has 2 aromatic carbocycles. The highest BCUT2D eigenvalue weighted by Crippen LogP contribution is 2.08. The van der Waals surface area contributed by atoms with Gasteiger partial charge in [0.25, 0.3) is 0 Å². The molecular weight excluding hydrogens is 260 g/mol. The van der Waals surface area contributed by atoms with E-state index < -0.39 is 6.10 Å². The van der Waals surface area contributed by atoms with Crippen LogP contribution in [0.25, 0.3) is 6.08 Å². The molecule has 1 unspecified atom stereocenters. The molecule has 0 bridgehead atoms. The maximum atomic E-state index is 11.8. The number of hydrogen-bond donors (Lipinski definition) is 1. The molecule has 0 radical (unpaired) electrons. The summed E-state index contributed by atoms with van der Waals surface area (Å²) in [6.45, 7) is 0. The van der Waals surface area contributed by atoms with Crippen LogP contribution in [0.3, 0.4) is 0 Å². The van der Waals surface area contributed by atoms with Gasteiger partial charge in [-0.25, -0.2) is 0 Å². The van der Waals surface area contributed by atoms with Crippen LogP contribution in [0.5, 0.6) is 0 Å². The summed E-state index contributed by atoms with van der Waals surface area (Å²) in [5.74, 6) is 0.0871. The molecule has 108 valence electrons. The van der Waals surface area contributed by atoms with E-state index in [1.807, 2.05) is 66.7 Å². The molecule has 0 spiro atoms. The number of carbonyl (C=O) groups excluding carboxylic acids is 1. The highest BCUT2D eigenvalue weighted by Gasteiger charge is 2.08. The van der Waals surface area contributed by atoms with Crippen molar-refractivity contribution in [3.05, 3.63) is 77.9 Å². The first kappa shape index (κ1) is 15.2. The Morgan fingerprint density at radius 2 is 1.62 bits per heavy atom. The molecule has 0 amide bonds. The zero-order valence-corrected chi connectivity index (χ0v) is 12.0. The van der Waals surface area contributed by atoms with Gasteiger partial charge < -0.3 is 5.11 Å². The number of aliphatic hydroxyl groups is 1. The van der Waals surface area contributed by atoms with Crippen molar-refractivity contribution >= 4 is 11.9 Å². The Bertz CT molecular complexity index is 573. The lowest BCUT2D eigenvalue weighted by molar-refractivity contribution is -0.120. The second-order valence-electron chi connectivity index (χ2n) is 5.07. The maximum Gasteiger partial charge on any atom is 0.136 e. The maximum absolute atomic E-state index is 11.8. The van der Waals surface area contributed by atoms with Gasteiger partial charge in [0, 0.05) is 12.8 Å². The Morgan fingerprint density at radius 1 is 1.00 bits per heavy atom. The SMILES string of the molecule is O=C(CCc1ccccc1)CC(O)/C=C\c1ccccc1. The van der Waals surface area contributed by atoms with Crippen LogP contribution in [0.1, 0.15) is 24.0 Å². The second-order valence-corrected chi connectivity index (χ2v) is 5.07. The van der Waals surface area contributed by atoms with Crippen LogP contribution in [0.2, 0.25) is 0 Å². The summed E-state index contributed by atoms with van der Waals surface area (Å²) >= 11 is 0. The first-order chi connectivity index (χ1) is 10.2. The molecule has 0 aliphatic rings. The predicted molar refractivity (Wildman–Crippen MR) is 85.9 cm³/mol. The van der Waals surface area contributed by atoms with Crippen molar-refractivity contribution in [2.75, 3.05) is 0 Å². The second kappa shape index (κ2) is 8.18. The molecule has 1 N–H and O–H groups in total. The van der Waals surface area contributed by atoms with E-state index in [0.717, 1.165) is 17.5 Å². The van der Waals surface area contributed by atoms with Crippen LogP contribution in [-0.4, -0.2) is 17.0 Å². The molecule has 0 saturated carbocycles. The van der Waals surface area contributed by atoms with Gasteiger partial charge in [0.1, 0.15) is 5.78 Å². The van der Waals surface area contributed by atoms with Crippen LogP contribution in [0.4, 0.5) is 0 Å². The van der Waals surface area contributed by atoms with Crippen molar-refractivity contribution in [3.8, 4) is 0 Å². The Hall–Kier alpha value is -2.19. The normalized spacial score (nSPS) is 12.4. The lowest BCUT2D eigenvalue weighted by atomic mass is 10.0. The molecule has 0 saturated heterocycles. The van der Waals surface area contributed by atoms with Gasteiger partial charge in [-0.1, -0.05) is 72.8 Å². The molecule has 0 heterocycles. The van der Waals surface area contributed by atoms with Gasteiger partial charge in [-0.05, 0) is 17.5 Å². The number of aryl methyl sites for hydroxylation is 1. The fraction of sp³-hybridized carbons (Fsp3) is 0.211. The van der Waals surface area contributed by atoms with Crippen molar-refractivity contribution in [1.82, 2.24) is 0 Å². The van der Waals surface area contributed by atoms with Gasteiger partial charge >= 0.3 is 0 Å². The quantitative estimate of drug-likeness (QED) is 0.840. The van der Waals surface area contributed by atoms with Crippen LogP contribution < -0.4 is 0 Å². The van der Waals surface area contributed by atoms with E-state index in [1.165, 1.54) is 0 Å². The molecule has 21 heavy (non-hydrogen) atoms. The minimum absolute atomic E-state index is 0.0871. The van der Waals surface area contributed by atoms with Crippen molar-refractivity contribution in [2.45, 2.75) is 25.4 Å². The summed E-state index contributed by atoms with van der Waals surface area (Å²) in [5.41, 5.74) is 2.17. The highest BCUT2D eigenvalue weighted by molar-refractivity contribution is 5.79. The summed E-state index contributed by atoms with van der Waals surface area (Å²) in [4.78, 5) is 11.8. The van der Waals surface area contributed by atoms with Gasteiger partial charge in [0.15, 0.2) is 0 Å². The lowest BCUT2D eigenvalue weighted by Gasteiger charge is -2.05. The molecule has 2 nitrogen and oxygen atoms in total. The van der Waals surface area contributed by atoms with Crippen LogP contribution in [0.15, 0.2) is 66.7 Å². The molecule has 0 fully saturated rings. The Balaban J connectivity index is 1.76. The first-order valence-corrected chi connectivity index (χ1v) is 7.21. The van der Waals surface area contributed by atoms with Crippen LogP contribution in [0, 0.1) is 0 Å². The smallest absolute Gasteiger partial charge is 0.136 e. The first-order valence-electron chi connectivity index (χ1n) is 7.21. The van der Waals surface area contributed by atoms with Crippen molar-refractivity contribution in [2.24, 2.45) is 0 Å². The van der Waals surface area contributed by atoms with E-state index in [4.69, 9.17) is 0 Å². The minimum atomic E-state index is -0.714. The molecular formula is C19H20O2. The van der Waals surface area contributed by atoms with E-state index >= 15 is 0 Å². The van der Waals surface area contributed by atoms with Gasteiger partial charge in [0.05, 0.1) is 6.10 Å². The number of aliphatic hydroxyl groups excluding tert-OH is 1. The Morgan fingerprint density at radius 3 is 2.29 bits per heavy atom. The Kier molecular flexibility index (Phi) is 5.92. The summed E-state index contributed by atoms with van der Waals surface area (Å²) in [6.07, 6.45) is 4.18. The molecule has 2 rings (SSSR count). The largest absolute Gasteiger partial charge is 0.389 e. The molecule has 2 aromatic rings. The summed E-state index contributed by atoms with van der Waals surface area (Å²) in [5, 5.41) is 9.87. The number of Topliss-reactive ketones (excluding diaryl/α,β-unsaturated/α-hetero) is 1. The molecule has 0 aliphatic carbocycles. The zero-order valence-electron chi connectivity index (χ0n) is 12.0. The zero-order chi connectivity index (χ0) is 14.9. The monoisotopic (exact) mass is 280 g/mol. The van der Waals surface area contributed by atoms with Crippen LogP contribution >= 0.6 is 0 Å². The van der Waals surface area contributed by atoms with Crippen molar-refractivity contribution in [3.63, 3.8) is 0 Å². The molecule has 2 heteroatoms. The van der Waals surface area contributed by atoms with Gasteiger partial charge in [-0.3, -0.25) is 4.79 Å². The third kappa shape index (κ3) is 5.76. The predicted octanol–water partition coefficient (Wildman–Crippen LogP) is 3.65. The standard InChI is InChI=1S/C19H20O2/c20-18(13-11-16-7-3-1-4-8-16)15-19(21)14-12-17-9-5-2-6-10-17/h1-11,13,18,20H,12,14-15H2/b13-11-. The lowest BCUT2D eigenvalue weighted by Crippen LogP contribution is -2.11. The van der Waals surface area contributed by atoms with Crippen LogP contribution in [-0.2, 0) is 11.2 Å². The van der Waals surface area contributed by atoms with E-state index in [2.05, 4.69) is 0 Å². The van der Waals surface area contributed by atoms with E-state index in [9.17, 15) is 9.90 Å². The molecule has 0 aromatic heterocycles. The summed E-state index contributed by atoms with van der Waals surface area (Å²) < 4.78 is 0. The molecule has 0 aliphatic heterocycles. The summed E-state index contributed by atoms with van der Waals surface area (Å²) in [7, 11) is 0. The average Bonchev–Trinajstić information content (AvgIpc) is 2.53. The third-order valence-electron chi connectivity index (χ3n) is 3.28. The number of carbonyl (C=O) groups is 1. The fourth-order valence-corrected chi connectivity index (χ4v) is 2.12. The minimum Gasteiger partial charge on any atom is -0.389 e. The summed E-state index contributed by atoms with van der Waals surface area (Å²) in [6, 6.07) is 19.7. The van der Waals surface area contributed by atoms with E-state index in [1.54, 1.807) is 6.08 Å². The van der Waals surface area contributed by atoms with Crippen molar-refractivity contribution < 1.29 is 9.90 Å². The fourth-order valence-electron chi connectivity index (χ4n) is 2.12. The topological polar surface area (TPSA) is 37.3 Å². The Labute approximate surface area is 125 Å². The van der Waals surface area contributed by atoms with Gasteiger partial charge in [-0.2, -0.15) is 0 Å².